The number of hydrogen-bond acceptors (Lipinski definition) is 3. The SMILES string of the molecule is CN(CCC(F)(F)F)C(=O)c1cc(N)ncc1Cl. The highest BCUT2D eigenvalue weighted by Crippen LogP contribution is 2.21. The minimum Gasteiger partial charge on any atom is -0.384 e. The smallest absolute Gasteiger partial charge is 0.384 e. The van der Waals surface area contributed by atoms with Crippen molar-refractivity contribution in [1.82, 2.24) is 9.88 Å². The van der Waals surface area contributed by atoms with Gasteiger partial charge in [0, 0.05) is 19.8 Å². The van der Waals surface area contributed by atoms with Gasteiger partial charge in [-0.1, -0.05) is 11.6 Å². The van der Waals surface area contributed by atoms with E-state index in [-0.39, 0.29) is 16.4 Å². The van der Waals surface area contributed by atoms with Crippen molar-refractivity contribution >= 4 is 23.3 Å². The van der Waals surface area contributed by atoms with Crippen molar-refractivity contribution in [3.05, 3.63) is 22.8 Å². The molecule has 8 heteroatoms. The first-order valence-electron chi connectivity index (χ1n) is 4.94. The van der Waals surface area contributed by atoms with Gasteiger partial charge in [-0.3, -0.25) is 4.79 Å². The first-order valence-corrected chi connectivity index (χ1v) is 5.32. The summed E-state index contributed by atoms with van der Waals surface area (Å²) in [6.07, 6.45) is -4.20. The van der Waals surface area contributed by atoms with E-state index in [1.807, 2.05) is 0 Å². The van der Waals surface area contributed by atoms with Crippen LogP contribution in [0.15, 0.2) is 12.3 Å². The van der Waals surface area contributed by atoms with Gasteiger partial charge in [-0.15, -0.1) is 0 Å². The average Bonchev–Trinajstić information content (AvgIpc) is 2.27. The number of aromatic nitrogens is 1. The molecule has 0 atom stereocenters. The molecule has 0 saturated heterocycles. The quantitative estimate of drug-likeness (QED) is 0.925. The molecular weight excluding hydrogens is 271 g/mol. The molecule has 1 rings (SSSR count). The fraction of sp³-hybridized carbons (Fsp3) is 0.400. The molecule has 1 aromatic rings. The number of nitrogens with two attached hydrogens (primary N) is 1. The standard InChI is InChI=1S/C10H11ClF3N3O/c1-17(3-2-10(12,13)14)9(18)6-4-8(15)16-5-7(6)11/h4-5H,2-3H2,1H3,(H2,15,16). The summed E-state index contributed by atoms with van der Waals surface area (Å²) in [6.45, 7) is -0.444. The van der Waals surface area contributed by atoms with Gasteiger partial charge < -0.3 is 10.6 Å². The summed E-state index contributed by atoms with van der Waals surface area (Å²) in [5.74, 6) is -0.551. The van der Waals surface area contributed by atoms with Gasteiger partial charge in [0.25, 0.3) is 5.91 Å². The number of pyridine rings is 1. The van der Waals surface area contributed by atoms with Gasteiger partial charge in [-0.05, 0) is 6.07 Å². The van der Waals surface area contributed by atoms with Crippen LogP contribution >= 0.6 is 11.6 Å². The Morgan fingerprint density at radius 1 is 1.56 bits per heavy atom. The third-order valence-electron chi connectivity index (χ3n) is 2.18. The lowest BCUT2D eigenvalue weighted by molar-refractivity contribution is -0.136. The molecule has 0 fully saturated rings. The Morgan fingerprint density at radius 2 is 2.17 bits per heavy atom. The minimum atomic E-state index is -4.31. The fourth-order valence-corrected chi connectivity index (χ4v) is 1.40. The van der Waals surface area contributed by atoms with Crippen LogP contribution in [0.5, 0.6) is 0 Å². The normalized spacial score (nSPS) is 11.4. The summed E-state index contributed by atoms with van der Waals surface area (Å²) < 4.78 is 36.1. The molecule has 0 unspecified atom stereocenters. The van der Waals surface area contributed by atoms with Gasteiger partial charge >= 0.3 is 6.18 Å². The highest BCUT2D eigenvalue weighted by molar-refractivity contribution is 6.33. The molecule has 1 aromatic heterocycles. The molecule has 18 heavy (non-hydrogen) atoms. The van der Waals surface area contributed by atoms with Gasteiger partial charge in [0.15, 0.2) is 0 Å². The van der Waals surface area contributed by atoms with Crippen LogP contribution in [0.1, 0.15) is 16.8 Å². The van der Waals surface area contributed by atoms with Crippen LogP contribution in [0, 0.1) is 0 Å². The number of carbonyl (C=O) groups excluding carboxylic acids is 1. The number of anilines is 1. The molecule has 0 spiro atoms. The summed E-state index contributed by atoms with van der Waals surface area (Å²) in [5.41, 5.74) is 5.42. The lowest BCUT2D eigenvalue weighted by atomic mass is 10.2. The summed E-state index contributed by atoms with van der Waals surface area (Å²) in [5, 5.41) is 0.0491. The third kappa shape index (κ3) is 4.06. The zero-order chi connectivity index (χ0) is 13.9. The summed E-state index contributed by atoms with van der Waals surface area (Å²) in [4.78, 5) is 16.4. The number of amides is 1. The Hall–Kier alpha value is -1.50. The first-order chi connectivity index (χ1) is 8.20. The second kappa shape index (κ2) is 5.43. The molecule has 2 N–H and O–H groups in total. The van der Waals surface area contributed by atoms with E-state index >= 15 is 0 Å². The van der Waals surface area contributed by atoms with Crippen molar-refractivity contribution in [1.29, 1.82) is 0 Å². The number of nitrogen functional groups attached to an aromatic ring is 1. The third-order valence-corrected chi connectivity index (χ3v) is 2.49. The molecule has 0 saturated carbocycles. The molecule has 0 bridgehead atoms. The second-order valence-electron chi connectivity index (χ2n) is 3.68. The van der Waals surface area contributed by atoms with E-state index in [1.54, 1.807) is 0 Å². The molecular formula is C10H11ClF3N3O. The van der Waals surface area contributed by atoms with Gasteiger partial charge in [0.1, 0.15) is 5.82 Å². The summed E-state index contributed by atoms with van der Waals surface area (Å²) in [6, 6.07) is 1.23. The lowest BCUT2D eigenvalue weighted by Crippen LogP contribution is -2.30. The Morgan fingerprint density at radius 3 is 2.72 bits per heavy atom. The number of carbonyl (C=O) groups is 1. The van der Waals surface area contributed by atoms with Crippen LogP contribution in [0.4, 0.5) is 19.0 Å². The molecule has 0 aliphatic rings. The maximum atomic E-state index is 12.0. The predicted octanol–water partition coefficient (Wildman–Crippen LogP) is 2.34. The van der Waals surface area contributed by atoms with E-state index in [1.165, 1.54) is 19.3 Å². The largest absolute Gasteiger partial charge is 0.390 e. The first kappa shape index (κ1) is 14.6. The summed E-state index contributed by atoms with van der Waals surface area (Å²) in [7, 11) is 1.26. The molecule has 100 valence electrons. The van der Waals surface area contributed by atoms with Crippen molar-refractivity contribution < 1.29 is 18.0 Å². The molecule has 1 heterocycles. The monoisotopic (exact) mass is 281 g/mol. The number of halogens is 4. The molecule has 0 aliphatic heterocycles. The zero-order valence-corrected chi connectivity index (χ0v) is 10.2. The highest BCUT2D eigenvalue weighted by Gasteiger charge is 2.28. The van der Waals surface area contributed by atoms with E-state index in [9.17, 15) is 18.0 Å². The van der Waals surface area contributed by atoms with Crippen molar-refractivity contribution in [2.24, 2.45) is 0 Å². The van der Waals surface area contributed by atoms with Crippen LogP contribution < -0.4 is 5.73 Å². The number of alkyl halides is 3. The van der Waals surface area contributed by atoms with Gasteiger partial charge in [0.05, 0.1) is 17.0 Å². The van der Waals surface area contributed by atoms with Gasteiger partial charge in [-0.2, -0.15) is 13.2 Å². The van der Waals surface area contributed by atoms with E-state index in [0.717, 1.165) is 4.90 Å². The maximum Gasteiger partial charge on any atom is 0.390 e. The maximum absolute atomic E-state index is 12.0. The van der Waals surface area contributed by atoms with Crippen molar-refractivity contribution in [2.45, 2.75) is 12.6 Å². The Labute approximate surface area is 107 Å². The Balaban J connectivity index is 2.77. The van der Waals surface area contributed by atoms with E-state index in [4.69, 9.17) is 17.3 Å². The van der Waals surface area contributed by atoms with Crippen LogP contribution in [-0.2, 0) is 0 Å². The second-order valence-corrected chi connectivity index (χ2v) is 4.09. The van der Waals surface area contributed by atoms with Crippen molar-refractivity contribution in [3.63, 3.8) is 0 Å². The number of hydrogen-bond donors (Lipinski definition) is 1. The van der Waals surface area contributed by atoms with Crippen LogP contribution in [-0.4, -0.2) is 35.6 Å². The van der Waals surface area contributed by atoms with E-state index in [0.29, 0.717) is 0 Å². The van der Waals surface area contributed by atoms with Gasteiger partial charge in [-0.25, -0.2) is 4.98 Å². The minimum absolute atomic E-state index is 0.0360. The number of rotatable bonds is 3. The molecule has 0 radical (unpaired) electrons. The molecule has 0 aromatic carbocycles. The average molecular weight is 282 g/mol. The highest BCUT2D eigenvalue weighted by atomic mass is 35.5. The Kier molecular flexibility index (Phi) is 4.39. The van der Waals surface area contributed by atoms with Crippen LogP contribution in [0.3, 0.4) is 0 Å². The Bertz CT molecular complexity index is 450. The fourth-order valence-electron chi connectivity index (χ4n) is 1.22. The summed E-state index contributed by atoms with van der Waals surface area (Å²) >= 11 is 5.74. The predicted molar refractivity (Wildman–Crippen MR) is 61.3 cm³/mol. The van der Waals surface area contributed by atoms with E-state index in [2.05, 4.69) is 4.98 Å². The van der Waals surface area contributed by atoms with Crippen molar-refractivity contribution in [2.75, 3.05) is 19.3 Å². The van der Waals surface area contributed by atoms with E-state index < -0.39 is 25.0 Å². The van der Waals surface area contributed by atoms with Crippen LogP contribution in [0.2, 0.25) is 5.02 Å². The topological polar surface area (TPSA) is 59.2 Å². The molecule has 4 nitrogen and oxygen atoms in total. The molecule has 0 aliphatic carbocycles. The molecule has 1 amide bonds. The lowest BCUT2D eigenvalue weighted by Gasteiger charge is -2.18. The zero-order valence-electron chi connectivity index (χ0n) is 9.46. The van der Waals surface area contributed by atoms with Gasteiger partial charge in [0.2, 0.25) is 0 Å². The van der Waals surface area contributed by atoms with Crippen LogP contribution in [0.25, 0.3) is 0 Å². The van der Waals surface area contributed by atoms with Crippen molar-refractivity contribution in [3.8, 4) is 0 Å². The number of nitrogens with zero attached hydrogens (tertiary/aromatic N) is 2.